The first-order chi connectivity index (χ1) is 21.6. The number of carbonyl (C=O) groups is 3. The molecule has 3 atom stereocenters. The number of amides is 3. The van der Waals surface area contributed by atoms with Crippen LogP contribution in [-0.2, 0) is 32.5 Å². The summed E-state index contributed by atoms with van der Waals surface area (Å²) >= 11 is 1.82. The number of nitrogens with one attached hydrogen (secondary N) is 1. The number of benzene rings is 3. The number of imide groups is 1. The standard InChI is InChI=1S/C33H27F4N3O4S2/c1-32(2,3)18-9-7-17(8-10-18)24-25-26(29(43)40(28(25)42)22-6-4-5-19(15-22)33(35,36)37)45-30-27(24)46-31(44)39(30)16-23(41)38-21-13-11-20(34)12-14-21/h4-15,24-26H,16H2,1-3H3,(H,38,41)/t24-,25-,26+/m0/s1. The Morgan fingerprint density at radius 1 is 0.891 bits per heavy atom. The van der Waals surface area contributed by atoms with Crippen LogP contribution in [-0.4, -0.2) is 27.5 Å². The molecule has 2 aliphatic rings. The molecule has 0 aliphatic carbocycles. The van der Waals surface area contributed by atoms with Gasteiger partial charge in [0, 0.05) is 16.5 Å². The summed E-state index contributed by atoms with van der Waals surface area (Å²) in [7, 11) is 0. The lowest BCUT2D eigenvalue weighted by molar-refractivity contribution is -0.137. The number of thiazole rings is 1. The van der Waals surface area contributed by atoms with Crippen molar-refractivity contribution in [2.45, 2.75) is 55.1 Å². The first-order valence-electron chi connectivity index (χ1n) is 14.2. The van der Waals surface area contributed by atoms with Crippen LogP contribution < -0.4 is 15.1 Å². The molecule has 0 radical (unpaired) electrons. The fourth-order valence-corrected chi connectivity index (χ4v) is 8.53. The van der Waals surface area contributed by atoms with Crippen LogP contribution in [0.4, 0.5) is 28.9 Å². The summed E-state index contributed by atoms with van der Waals surface area (Å²) < 4.78 is 55.2. The molecule has 3 heterocycles. The zero-order valence-corrected chi connectivity index (χ0v) is 26.4. The highest BCUT2D eigenvalue weighted by Gasteiger charge is 2.57. The molecule has 0 bridgehead atoms. The van der Waals surface area contributed by atoms with Gasteiger partial charge in [-0.1, -0.05) is 74.2 Å². The van der Waals surface area contributed by atoms with E-state index in [2.05, 4.69) is 5.32 Å². The number of hydrogen-bond donors (Lipinski definition) is 1. The quantitative estimate of drug-likeness (QED) is 0.187. The van der Waals surface area contributed by atoms with Crippen molar-refractivity contribution >= 4 is 52.2 Å². The van der Waals surface area contributed by atoms with E-state index in [-0.39, 0.29) is 11.1 Å². The molecule has 2 aliphatic heterocycles. The molecule has 4 aromatic rings. The number of anilines is 2. The normalized spacial score (nSPS) is 19.6. The summed E-state index contributed by atoms with van der Waals surface area (Å²) in [6, 6.07) is 16.7. The zero-order valence-electron chi connectivity index (χ0n) is 24.7. The molecule has 0 saturated carbocycles. The molecular weight excluding hydrogens is 643 g/mol. The Balaban J connectivity index is 1.42. The van der Waals surface area contributed by atoms with E-state index in [0.29, 0.717) is 21.2 Å². The average molecular weight is 670 g/mol. The lowest BCUT2D eigenvalue weighted by atomic mass is 9.81. The molecule has 1 fully saturated rings. The van der Waals surface area contributed by atoms with Crippen molar-refractivity contribution in [2.24, 2.45) is 5.92 Å². The Hall–Kier alpha value is -4.23. The Morgan fingerprint density at radius 3 is 2.20 bits per heavy atom. The van der Waals surface area contributed by atoms with Crippen LogP contribution >= 0.6 is 23.1 Å². The van der Waals surface area contributed by atoms with E-state index in [4.69, 9.17) is 0 Å². The minimum atomic E-state index is -4.69. The Bertz CT molecular complexity index is 1910. The van der Waals surface area contributed by atoms with E-state index >= 15 is 0 Å². The predicted octanol–water partition coefficient (Wildman–Crippen LogP) is 6.80. The maximum Gasteiger partial charge on any atom is 0.416 e. The second kappa shape index (κ2) is 11.5. The molecule has 13 heteroatoms. The smallest absolute Gasteiger partial charge is 0.325 e. The van der Waals surface area contributed by atoms with E-state index in [9.17, 15) is 36.7 Å². The SMILES string of the molecule is CC(C)(C)c1ccc([C@@H]2c3sc(=O)n(CC(=O)Nc4ccc(F)cc4)c3S[C@H]3C(=O)N(c4cccc(C(F)(F)F)c4)C(=O)[C@@H]23)cc1. The van der Waals surface area contributed by atoms with Crippen LogP contribution in [0.15, 0.2) is 82.6 Å². The van der Waals surface area contributed by atoms with E-state index in [1.165, 1.54) is 34.9 Å². The van der Waals surface area contributed by atoms with Crippen molar-refractivity contribution in [3.8, 4) is 0 Å². The number of aromatic nitrogens is 1. The fraction of sp³-hybridized carbons (Fsp3) is 0.273. The number of alkyl halides is 3. The lowest BCUT2D eigenvalue weighted by Gasteiger charge is -2.31. The summed E-state index contributed by atoms with van der Waals surface area (Å²) in [6.07, 6.45) is -4.69. The van der Waals surface area contributed by atoms with Crippen molar-refractivity contribution in [1.82, 2.24) is 4.57 Å². The number of halogens is 4. The van der Waals surface area contributed by atoms with E-state index < -0.39 is 63.8 Å². The highest BCUT2D eigenvalue weighted by molar-refractivity contribution is 8.00. The Kier molecular flexibility index (Phi) is 7.96. The molecule has 1 N–H and O–H groups in total. The number of hydrogen-bond acceptors (Lipinski definition) is 6. The zero-order chi connectivity index (χ0) is 33.1. The molecule has 3 aromatic carbocycles. The van der Waals surface area contributed by atoms with Crippen LogP contribution in [0.25, 0.3) is 0 Å². The molecule has 6 rings (SSSR count). The average Bonchev–Trinajstić information content (AvgIpc) is 3.43. The van der Waals surface area contributed by atoms with Crippen molar-refractivity contribution in [2.75, 3.05) is 10.2 Å². The molecule has 1 aromatic heterocycles. The minimum absolute atomic E-state index is 0.180. The second-order valence-electron chi connectivity index (χ2n) is 12.2. The van der Waals surface area contributed by atoms with Crippen molar-refractivity contribution in [3.63, 3.8) is 0 Å². The summed E-state index contributed by atoms with van der Waals surface area (Å²) in [4.78, 5) is 55.1. The Labute approximate surface area is 269 Å². The van der Waals surface area contributed by atoms with Crippen molar-refractivity contribution in [1.29, 1.82) is 0 Å². The van der Waals surface area contributed by atoms with Crippen molar-refractivity contribution < 1.29 is 31.9 Å². The van der Waals surface area contributed by atoms with Gasteiger partial charge in [0.2, 0.25) is 17.7 Å². The molecule has 0 spiro atoms. The number of fused-ring (bicyclic) bond motifs is 2. The van der Waals surface area contributed by atoms with Crippen LogP contribution in [0, 0.1) is 11.7 Å². The molecular formula is C33H27F4N3O4S2. The van der Waals surface area contributed by atoms with Gasteiger partial charge in [-0.3, -0.25) is 23.7 Å². The number of carbonyl (C=O) groups excluding carboxylic acids is 3. The topological polar surface area (TPSA) is 88.5 Å². The molecule has 1 saturated heterocycles. The first-order valence-corrected chi connectivity index (χ1v) is 15.9. The van der Waals surface area contributed by atoms with Crippen LogP contribution in [0.1, 0.15) is 48.3 Å². The third-order valence-corrected chi connectivity index (χ3v) is 10.7. The monoisotopic (exact) mass is 669 g/mol. The van der Waals surface area contributed by atoms with Crippen molar-refractivity contribution in [3.05, 3.63) is 110 Å². The van der Waals surface area contributed by atoms with E-state index in [0.717, 1.165) is 51.8 Å². The van der Waals surface area contributed by atoms with Gasteiger partial charge >= 0.3 is 11.0 Å². The van der Waals surface area contributed by atoms with Gasteiger partial charge < -0.3 is 5.32 Å². The van der Waals surface area contributed by atoms with Gasteiger partial charge in [0.25, 0.3) is 0 Å². The maximum atomic E-state index is 14.1. The highest BCUT2D eigenvalue weighted by Crippen LogP contribution is 2.54. The second-order valence-corrected chi connectivity index (χ2v) is 14.3. The van der Waals surface area contributed by atoms with E-state index in [1.807, 2.05) is 45.0 Å². The lowest BCUT2D eigenvalue weighted by Crippen LogP contribution is -2.33. The molecule has 0 unspecified atom stereocenters. The number of rotatable bonds is 5. The molecule has 3 amide bonds. The van der Waals surface area contributed by atoms with Gasteiger partial charge in [-0.2, -0.15) is 13.2 Å². The van der Waals surface area contributed by atoms with Crippen LogP contribution in [0.3, 0.4) is 0 Å². The van der Waals surface area contributed by atoms with Gasteiger partial charge in [-0.15, -0.1) is 0 Å². The van der Waals surface area contributed by atoms with Crippen LogP contribution in [0.2, 0.25) is 0 Å². The maximum absolute atomic E-state index is 14.1. The van der Waals surface area contributed by atoms with E-state index in [1.54, 1.807) is 0 Å². The highest BCUT2D eigenvalue weighted by atomic mass is 32.2. The summed E-state index contributed by atoms with van der Waals surface area (Å²) in [5, 5.41) is 1.89. The summed E-state index contributed by atoms with van der Waals surface area (Å²) in [5.41, 5.74) is 0.617. The summed E-state index contributed by atoms with van der Waals surface area (Å²) in [6.45, 7) is 5.72. The minimum Gasteiger partial charge on any atom is -0.325 e. The molecule has 7 nitrogen and oxygen atoms in total. The fourth-order valence-electron chi connectivity index (χ4n) is 5.76. The summed E-state index contributed by atoms with van der Waals surface area (Å²) in [5.74, 6) is -4.21. The number of thioether (sulfide) groups is 1. The Morgan fingerprint density at radius 2 is 1.57 bits per heavy atom. The van der Waals surface area contributed by atoms with Gasteiger partial charge in [0.15, 0.2) is 0 Å². The third-order valence-electron chi connectivity index (χ3n) is 8.05. The number of nitrogens with zero attached hydrogens (tertiary/aromatic N) is 2. The van der Waals surface area contributed by atoms with Gasteiger partial charge in [0.1, 0.15) is 17.6 Å². The van der Waals surface area contributed by atoms with Crippen LogP contribution in [0.5, 0.6) is 0 Å². The van der Waals surface area contributed by atoms with Gasteiger partial charge in [-0.05, 0) is 59.0 Å². The van der Waals surface area contributed by atoms with Gasteiger partial charge in [-0.25, -0.2) is 9.29 Å². The van der Waals surface area contributed by atoms with Gasteiger partial charge in [0.05, 0.1) is 22.2 Å². The third kappa shape index (κ3) is 5.77. The largest absolute Gasteiger partial charge is 0.416 e. The molecule has 238 valence electrons. The predicted molar refractivity (Wildman–Crippen MR) is 168 cm³/mol. The first kappa shape index (κ1) is 31.7. The molecule has 46 heavy (non-hydrogen) atoms.